The third kappa shape index (κ3) is 7.92. The predicted octanol–water partition coefficient (Wildman–Crippen LogP) is 1.72. The number of carbonyl (C=O) groups excluding carboxylic acids is 2. The third-order valence-corrected chi connectivity index (χ3v) is 7.83. The summed E-state index contributed by atoms with van der Waals surface area (Å²) in [5.74, 6) is -0.121. The van der Waals surface area contributed by atoms with Crippen LogP contribution in [0.2, 0.25) is 0 Å². The molecule has 0 saturated carbocycles. The standard InChI is InChI=1S/C28H44N8O4/c1-21-16-36(22(2)19-37)27(38)6-5-11-35-17-24(30-31-35)20-40-26(21)18-33(4)28(39)29-23-7-9-25(10-8-23)34-14-12-32(3)13-15-34/h7-10,17,21-22,26,37H,5-6,11-16,18-20H2,1-4H3,(H,29,39)/t21-,22+,26-/m1/s1. The van der Waals surface area contributed by atoms with Crippen molar-refractivity contribution in [3.05, 3.63) is 36.2 Å². The molecular weight excluding hydrogens is 512 g/mol. The lowest BCUT2D eigenvalue weighted by Crippen LogP contribution is -2.48. The number of likely N-dealkylation sites (N-methyl/N-ethyl adjacent to an activating group) is 2. The molecule has 0 spiro atoms. The lowest BCUT2D eigenvalue weighted by atomic mass is 10.0. The number of carbonyl (C=O) groups is 2. The average molecular weight is 557 g/mol. The van der Waals surface area contributed by atoms with Crippen molar-refractivity contribution in [2.24, 2.45) is 5.92 Å². The van der Waals surface area contributed by atoms with Gasteiger partial charge in [-0.25, -0.2) is 4.79 Å². The molecule has 3 atom stereocenters. The Hall–Kier alpha value is -3.22. The monoisotopic (exact) mass is 556 g/mol. The number of amides is 3. The zero-order valence-corrected chi connectivity index (χ0v) is 24.2. The second-order valence-electron chi connectivity index (χ2n) is 11.1. The fourth-order valence-corrected chi connectivity index (χ4v) is 5.09. The van der Waals surface area contributed by atoms with Crippen LogP contribution in [0, 0.1) is 5.92 Å². The highest BCUT2D eigenvalue weighted by Gasteiger charge is 2.29. The minimum Gasteiger partial charge on any atom is -0.394 e. The summed E-state index contributed by atoms with van der Waals surface area (Å²) >= 11 is 0. The molecule has 12 nitrogen and oxygen atoms in total. The first kappa shape index (κ1) is 29.8. The van der Waals surface area contributed by atoms with Crippen molar-refractivity contribution < 1.29 is 19.4 Å². The topological polar surface area (TPSA) is 119 Å². The van der Waals surface area contributed by atoms with Gasteiger partial charge in [0.15, 0.2) is 0 Å². The summed E-state index contributed by atoms with van der Waals surface area (Å²) in [7, 11) is 3.87. The fourth-order valence-electron chi connectivity index (χ4n) is 5.09. The van der Waals surface area contributed by atoms with Gasteiger partial charge in [-0.05, 0) is 44.7 Å². The molecule has 2 aliphatic rings. The largest absolute Gasteiger partial charge is 0.394 e. The second kappa shape index (κ2) is 13.9. The van der Waals surface area contributed by atoms with E-state index in [-0.39, 0.29) is 43.2 Å². The Balaban J connectivity index is 1.41. The molecule has 0 radical (unpaired) electrons. The second-order valence-corrected chi connectivity index (χ2v) is 11.1. The lowest BCUT2D eigenvalue weighted by Gasteiger charge is -2.35. The number of anilines is 2. The van der Waals surface area contributed by atoms with E-state index < -0.39 is 0 Å². The van der Waals surface area contributed by atoms with Gasteiger partial charge < -0.3 is 34.8 Å². The Morgan fingerprint density at radius 2 is 1.93 bits per heavy atom. The Labute approximate surface area is 236 Å². The predicted molar refractivity (Wildman–Crippen MR) is 153 cm³/mol. The molecule has 220 valence electrons. The van der Waals surface area contributed by atoms with Crippen LogP contribution in [0.5, 0.6) is 0 Å². The molecule has 1 fully saturated rings. The van der Waals surface area contributed by atoms with Crippen LogP contribution in [-0.2, 0) is 22.7 Å². The van der Waals surface area contributed by atoms with Crippen molar-refractivity contribution in [2.75, 3.05) is 70.2 Å². The van der Waals surface area contributed by atoms with E-state index >= 15 is 0 Å². The quantitative estimate of drug-likeness (QED) is 0.552. The van der Waals surface area contributed by atoms with Crippen LogP contribution in [0.15, 0.2) is 30.5 Å². The lowest BCUT2D eigenvalue weighted by molar-refractivity contribution is -0.136. The molecule has 2 aliphatic heterocycles. The number of hydrogen-bond donors (Lipinski definition) is 2. The summed E-state index contributed by atoms with van der Waals surface area (Å²) < 4.78 is 8.00. The molecule has 2 bridgehead atoms. The number of rotatable bonds is 6. The summed E-state index contributed by atoms with van der Waals surface area (Å²) in [5.41, 5.74) is 2.58. The van der Waals surface area contributed by atoms with Gasteiger partial charge in [-0.2, -0.15) is 0 Å². The summed E-state index contributed by atoms with van der Waals surface area (Å²) in [6, 6.07) is 7.40. The first-order chi connectivity index (χ1) is 19.2. The zero-order chi connectivity index (χ0) is 28.6. The van der Waals surface area contributed by atoms with E-state index in [1.165, 1.54) is 0 Å². The molecule has 3 amide bonds. The van der Waals surface area contributed by atoms with Crippen LogP contribution < -0.4 is 10.2 Å². The van der Waals surface area contributed by atoms with Gasteiger partial charge >= 0.3 is 6.03 Å². The fraction of sp³-hybridized carbons (Fsp3) is 0.643. The number of aliphatic hydroxyl groups excluding tert-OH is 1. The van der Waals surface area contributed by atoms with Crippen molar-refractivity contribution in [1.29, 1.82) is 0 Å². The van der Waals surface area contributed by atoms with Crippen LogP contribution in [-0.4, -0.2) is 119 Å². The summed E-state index contributed by atoms with van der Waals surface area (Å²) in [5, 5.41) is 21.1. The number of fused-ring (bicyclic) bond motifs is 2. The normalized spacial score (nSPS) is 22.2. The van der Waals surface area contributed by atoms with Gasteiger partial charge in [0.2, 0.25) is 5.91 Å². The minimum atomic E-state index is -0.373. The number of nitrogens with zero attached hydrogens (tertiary/aromatic N) is 7. The van der Waals surface area contributed by atoms with Gasteiger partial charge in [0, 0.05) is 76.6 Å². The SMILES string of the molecule is C[C@@H]1CN([C@@H](C)CO)C(=O)CCCn2cc(nn2)CO[C@@H]1CN(C)C(=O)Nc1ccc(N2CCN(C)CC2)cc1. The maximum absolute atomic E-state index is 13.1. The van der Waals surface area contributed by atoms with Crippen molar-refractivity contribution in [3.8, 4) is 0 Å². The van der Waals surface area contributed by atoms with Gasteiger partial charge in [-0.15, -0.1) is 5.10 Å². The Morgan fingerprint density at radius 1 is 1.20 bits per heavy atom. The molecule has 12 heteroatoms. The smallest absolute Gasteiger partial charge is 0.321 e. The van der Waals surface area contributed by atoms with E-state index in [1.54, 1.807) is 21.5 Å². The van der Waals surface area contributed by atoms with Crippen molar-refractivity contribution in [3.63, 3.8) is 0 Å². The molecule has 1 aromatic heterocycles. The maximum Gasteiger partial charge on any atom is 0.321 e. The van der Waals surface area contributed by atoms with E-state index in [1.807, 2.05) is 44.3 Å². The number of nitrogens with one attached hydrogen (secondary N) is 1. The Morgan fingerprint density at radius 3 is 2.62 bits per heavy atom. The molecule has 2 aromatic rings. The number of aryl methyl sites for hydroxylation is 1. The molecule has 40 heavy (non-hydrogen) atoms. The molecule has 1 aromatic carbocycles. The number of urea groups is 1. The van der Waals surface area contributed by atoms with Gasteiger partial charge in [0.05, 0.1) is 31.6 Å². The third-order valence-electron chi connectivity index (χ3n) is 7.83. The number of hydrogen-bond acceptors (Lipinski definition) is 8. The summed E-state index contributed by atoms with van der Waals surface area (Å²) in [4.78, 5) is 34.2. The van der Waals surface area contributed by atoms with Crippen LogP contribution in [0.4, 0.5) is 16.2 Å². The number of ether oxygens (including phenoxy) is 1. The highest BCUT2D eigenvalue weighted by Crippen LogP contribution is 2.21. The van der Waals surface area contributed by atoms with E-state index in [2.05, 4.69) is 32.5 Å². The summed E-state index contributed by atoms with van der Waals surface area (Å²) in [6.07, 6.45) is 2.45. The number of aliphatic hydroxyl groups is 1. The Bertz CT molecular complexity index is 1100. The number of aromatic nitrogens is 3. The van der Waals surface area contributed by atoms with E-state index in [0.717, 1.165) is 37.6 Å². The maximum atomic E-state index is 13.1. The molecule has 3 heterocycles. The molecular formula is C28H44N8O4. The molecule has 0 aliphatic carbocycles. The van der Waals surface area contributed by atoms with E-state index in [9.17, 15) is 14.7 Å². The first-order valence-electron chi connectivity index (χ1n) is 14.2. The number of benzene rings is 1. The van der Waals surface area contributed by atoms with Gasteiger partial charge in [-0.3, -0.25) is 9.48 Å². The Kier molecular flexibility index (Phi) is 10.3. The van der Waals surface area contributed by atoms with Crippen LogP contribution >= 0.6 is 0 Å². The highest BCUT2D eigenvalue weighted by atomic mass is 16.5. The molecule has 2 N–H and O–H groups in total. The van der Waals surface area contributed by atoms with Crippen LogP contribution in [0.3, 0.4) is 0 Å². The first-order valence-corrected chi connectivity index (χ1v) is 14.2. The summed E-state index contributed by atoms with van der Waals surface area (Å²) in [6.45, 7) is 9.34. The average Bonchev–Trinajstić information content (AvgIpc) is 3.41. The van der Waals surface area contributed by atoms with Gasteiger partial charge in [0.1, 0.15) is 5.69 Å². The molecule has 0 unspecified atom stereocenters. The molecule has 4 rings (SSSR count). The zero-order valence-electron chi connectivity index (χ0n) is 24.2. The van der Waals surface area contributed by atoms with Gasteiger partial charge in [0.25, 0.3) is 0 Å². The van der Waals surface area contributed by atoms with Crippen LogP contribution in [0.25, 0.3) is 0 Å². The van der Waals surface area contributed by atoms with Crippen molar-refractivity contribution >= 4 is 23.3 Å². The minimum absolute atomic E-state index is 0.0159. The van der Waals surface area contributed by atoms with Crippen molar-refractivity contribution in [2.45, 2.75) is 52.0 Å². The number of piperazine rings is 1. The van der Waals surface area contributed by atoms with E-state index in [4.69, 9.17) is 4.74 Å². The van der Waals surface area contributed by atoms with Gasteiger partial charge in [-0.1, -0.05) is 12.1 Å². The van der Waals surface area contributed by atoms with Crippen LogP contribution in [0.1, 0.15) is 32.4 Å². The molecule has 1 saturated heterocycles. The van der Waals surface area contributed by atoms with E-state index in [0.29, 0.717) is 38.2 Å². The van der Waals surface area contributed by atoms with Crippen molar-refractivity contribution in [1.82, 2.24) is 29.7 Å². The highest BCUT2D eigenvalue weighted by molar-refractivity contribution is 5.89.